The summed E-state index contributed by atoms with van der Waals surface area (Å²) >= 11 is 0. The van der Waals surface area contributed by atoms with Gasteiger partial charge in [-0.05, 0) is 31.1 Å². The van der Waals surface area contributed by atoms with E-state index in [9.17, 15) is 14.4 Å². The summed E-state index contributed by atoms with van der Waals surface area (Å²) < 4.78 is 0. The van der Waals surface area contributed by atoms with Crippen molar-refractivity contribution in [3.05, 3.63) is 0 Å². The minimum atomic E-state index is -1.06. The highest BCUT2D eigenvalue weighted by atomic mass is 16.2. The van der Waals surface area contributed by atoms with Gasteiger partial charge in [-0.2, -0.15) is 0 Å². The van der Waals surface area contributed by atoms with Gasteiger partial charge in [-0.15, -0.1) is 0 Å². The van der Waals surface area contributed by atoms with E-state index in [2.05, 4.69) is 12.2 Å². The second kappa shape index (κ2) is 5.54. The monoisotopic (exact) mass is 280 g/mol. The molecular formula is C15H24N2O3. The van der Waals surface area contributed by atoms with Gasteiger partial charge in [-0.3, -0.25) is 19.8 Å². The van der Waals surface area contributed by atoms with Gasteiger partial charge in [0.15, 0.2) is 0 Å². The average Bonchev–Trinajstić information content (AvgIpc) is 2.81. The molecule has 0 radical (unpaired) electrons. The van der Waals surface area contributed by atoms with E-state index in [4.69, 9.17) is 0 Å². The molecule has 1 aliphatic carbocycles. The number of carbonyl (C=O) groups is 3. The molecule has 2 unspecified atom stereocenters. The highest BCUT2D eigenvalue weighted by molar-refractivity contribution is 6.19. The number of nitrogens with one attached hydrogen (secondary N) is 1. The van der Waals surface area contributed by atoms with Gasteiger partial charge in [0.2, 0.25) is 11.8 Å². The summed E-state index contributed by atoms with van der Waals surface area (Å²) in [5, 5.41) is 2.37. The summed E-state index contributed by atoms with van der Waals surface area (Å²) in [4.78, 5) is 38.0. The van der Waals surface area contributed by atoms with Crippen molar-refractivity contribution in [2.75, 3.05) is 6.54 Å². The highest BCUT2D eigenvalue weighted by Gasteiger charge is 2.51. The number of carbonyl (C=O) groups excluding carboxylic acids is 3. The fourth-order valence-electron chi connectivity index (χ4n) is 3.50. The van der Waals surface area contributed by atoms with Crippen LogP contribution in [0, 0.1) is 17.3 Å². The molecule has 2 fully saturated rings. The normalized spacial score (nSPS) is 29.8. The first-order valence-electron chi connectivity index (χ1n) is 7.63. The van der Waals surface area contributed by atoms with Crippen LogP contribution in [0.15, 0.2) is 0 Å². The van der Waals surface area contributed by atoms with Crippen molar-refractivity contribution in [2.45, 2.75) is 52.9 Å². The molecule has 0 bridgehead atoms. The van der Waals surface area contributed by atoms with E-state index in [-0.39, 0.29) is 5.91 Å². The van der Waals surface area contributed by atoms with Crippen LogP contribution in [0.4, 0.5) is 4.79 Å². The molecule has 112 valence electrons. The van der Waals surface area contributed by atoms with Gasteiger partial charge in [0.1, 0.15) is 5.41 Å². The first-order valence-corrected chi connectivity index (χ1v) is 7.63. The maximum Gasteiger partial charge on any atom is 0.330 e. The van der Waals surface area contributed by atoms with Crippen molar-refractivity contribution in [1.82, 2.24) is 10.2 Å². The number of imide groups is 2. The van der Waals surface area contributed by atoms with Crippen LogP contribution in [0.25, 0.3) is 0 Å². The largest absolute Gasteiger partial charge is 0.330 e. The Morgan fingerprint density at radius 1 is 1.20 bits per heavy atom. The zero-order valence-electron chi connectivity index (χ0n) is 12.6. The lowest BCUT2D eigenvalue weighted by molar-refractivity contribution is -0.152. The van der Waals surface area contributed by atoms with E-state index in [1.165, 1.54) is 4.90 Å². The van der Waals surface area contributed by atoms with Gasteiger partial charge in [0, 0.05) is 6.54 Å². The van der Waals surface area contributed by atoms with E-state index in [0.717, 1.165) is 19.3 Å². The molecule has 2 aliphatic rings. The van der Waals surface area contributed by atoms with Crippen LogP contribution in [-0.2, 0) is 9.59 Å². The molecule has 2 atom stereocenters. The predicted octanol–water partition coefficient (Wildman–Crippen LogP) is 2.31. The number of hydrogen-bond acceptors (Lipinski definition) is 3. The topological polar surface area (TPSA) is 66.5 Å². The Kier molecular flexibility index (Phi) is 4.16. The van der Waals surface area contributed by atoms with Crippen molar-refractivity contribution >= 4 is 17.8 Å². The molecule has 0 aromatic carbocycles. The van der Waals surface area contributed by atoms with Crippen LogP contribution in [-0.4, -0.2) is 29.3 Å². The molecule has 1 saturated carbocycles. The molecule has 0 aromatic rings. The summed E-state index contributed by atoms with van der Waals surface area (Å²) in [7, 11) is 0. The zero-order valence-corrected chi connectivity index (χ0v) is 12.6. The van der Waals surface area contributed by atoms with E-state index >= 15 is 0 Å². The maximum absolute atomic E-state index is 12.7. The third-order valence-corrected chi connectivity index (χ3v) is 5.22. The molecule has 4 amide bonds. The van der Waals surface area contributed by atoms with E-state index in [1.807, 2.05) is 13.8 Å². The smallest absolute Gasteiger partial charge is 0.277 e. The van der Waals surface area contributed by atoms with Crippen molar-refractivity contribution in [3.63, 3.8) is 0 Å². The number of rotatable bonds is 4. The summed E-state index contributed by atoms with van der Waals surface area (Å²) in [6, 6.07) is -0.545. The van der Waals surface area contributed by atoms with E-state index in [1.54, 1.807) is 0 Å². The van der Waals surface area contributed by atoms with Crippen molar-refractivity contribution < 1.29 is 14.4 Å². The second-order valence-corrected chi connectivity index (χ2v) is 6.13. The summed E-state index contributed by atoms with van der Waals surface area (Å²) in [5.41, 5.74) is -1.06. The molecule has 1 heterocycles. The standard InChI is InChI=1S/C15H24N2O3/c1-4-15(5-2)12(18)16-14(20)17(13(15)19)9-11-8-6-7-10(11)3/h10-11H,4-9H2,1-3H3,(H,16,18,20). The van der Waals surface area contributed by atoms with Crippen molar-refractivity contribution in [3.8, 4) is 0 Å². The number of urea groups is 1. The van der Waals surface area contributed by atoms with Crippen LogP contribution in [0.2, 0.25) is 0 Å². The number of barbiturate groups is 1. The molecule has 2 rings (SSSR count). The van der Waals surface area contributed by atoms with Gasteiger partial charge >= 0.3 is 6.03 Å². The predicted molar refractivity (Wildman–Crippen MR) is 74.8 cm³/mol. The minimum Gasteiger partial charge on any atom is -0.277 e. The lowest BCUT2D eigenvalue weighted by Crippen LogP contribution is -2.64. The van der Waals surface area contributed by atoms with Crippen LogP contribution >= 0.6 is 0 Å². The maximum atomic E-state index is 12.7. The lowest BCUT2D eigenvalue weighted by Gasteiger charge is -2.39. The van der Waals surface area contributed by atoms with Gasteiger partial charge in [-0.25, -0.2) is 4.79 Å². The van der Waals surface area contributed by atoms with E-state index < -0.39 is 17.4 Å². The second-order valence-electron chi connectivity index (χ2n) is 6.13. The summed E-state index contributed by atoms with van der Waals surface area (Å²) in [6.45, 7) is 6.27. The number of amides is 4. The molecular weight excluding hydrogens is 256 g/mol. The van der Waals surface area contributed by atoms with Crippen molar-refractivity contribution in [2.24, 2.45) is 17.3 Å². The third-order valence-electron chi connectivity index (χ3n) is 5.22. The zero-order chi connectivity index (χ0) is 14.9. The molecule has 1 aliphatic heterocycles. The average molecular weight is 280 g/mol. The number of nitrogens with zero attached hydrogens (tertiary/aromatic N) is 1. The fourth-order valence-corrected chi connectivity index (χ4v) is 3.50. The SMILES string of the molecule is CCC1(CC)C(=O)NC(=O)N(CC2CCCC2C)C1=O. The Morgan fingerprint density at radius 3 is 2.35 bits per heavy atom. The molecule has 5 heteroatoms. The van der Waals surface area contributed by atoms with E-state index in [0.29, 0.717) is 31.2 Å². The van der Waals surface area contributed by atoms with Gasteiger partial charge in [0.05, 0.1) is 0 Å². The van der Waals surface area contributed by atoms with Crippen LogP contribution in [0.1, 0.15) is 52.9 Å². The molecule has 1 N–H and O–H groups in total. The molecule has 5 nitrogen and oxygen atoms in total. The fraction of sp³-hybridized carbons (Fsp3) is 0.800. The Hall–Kier alpha value is -1.39. The van der Waals surface area contributed by atoms with Crippen LogP contribution in [0.3, 0.4) is 0 Å². The van der Waals surface area contributed by atoms with Gasteiger partial charge < -0.3 is 0 Å². The van der Waals surface area contributed by atoms with Crippen molar-refractivity contribution in [1.29, 1.82) is 0 Å². The van der Waals surface area contributed by atoms with Gasteiger partial charge in [0.25, 0.3) is 0 Å². The highest BCUT2D eigenvalue weighted by Crippen LogP contribution is 2.36. The first kappa shape index (κ1) is 15.0. The summed E-state index contributed by atoms with van der Waals surface area (Å²) in [6.07, 6.45) is 4.22. The molecule has 1 saturated heterocycles. The molecule has 20 heavy (non-hydrogen) atoms. The van der Waals surface area contributed by atoms with Gasteiger partial charge in [-0.1, -0.05) is 33.6 Å². The Bertz CT molecular complexity index is 429. The molecule has 0 aromatic heterocycles. The molecule has 0 spiro atoms. The Balaban J connectivity index is 2.21. The van der Waals surface area contributed by atoms with Crippen LogP contribution < -0.4 is 5.32 Å². The Morgan fingerprint density at radius 2 is 1.85 bits per heavy atom. The first-order chi connectivity index (χ1) is 9.46. The Labute approximate surface area is 120 Å². The number of hydrogen-bond donors (Lipinski definition) is 1. The third kappa shape index (κ3) is 2.23. The minimum absolute atomic E-state index is 0.310. The lowest BCUT2D eigenvalue weighted by atomic mass is 9.78. The van der Waals surface area contributed by atoms with Crippen LogP contribution in [0.5, 0.6) is 0 Å². The quantitative estimate of drug-likeness (QED) is 0.804. The summed E-state index contributed by atoms with van der Waals surface area (Å²) in [5.74, 6) is 0.152.